The molecule has 0 spiro atoms. The van der Waals surface area contributed by atoms with E-state index < -0.39 is 34.8 Å². The fourth-order valence-corrected chi connectivity index (χ4v) is 3.31. The lowest BCUT2D eigenvalue weighted by molar-refractivity contribution is 0.437. The largest absolute Gasteiger partial charge is 0.204 e. The van der Waals surface area contributed by atoms with E-state index >= 15 is 0 Å². The van der Waals surface area contributed by atoms with E-state index in [4.69, 9.17) is 0 Å². The Kier molecular flexibility index (Phi) is 3.01. The van der Waals surface area contributed by atoms with Crippen LogP contribution in [0.5, 0.6) is 0 Å². The maximum Gasteiger partial charge on any atom is 0.166 e. The summed E-state index contributed by atoms with van der Waals surface area (Å²) < 4.78 is 55.9. The third-order valence-corrected chi connectivity index (χ3v) is 4.27. The van der Waals surface area contributed by atoms with Gasteiger partial charge in [-0.1, -0.05) is 48.5 Å². The molecule has 0 aliphatic heterocycles. The first-order chi connectivity index (χ1) is 11.1. The van der Waals surface area contributed by atoms with Crippen LogP contribution in [0.15, 0.2) is 54.6 Å². The molecule has 0 aromatic heterocycles. The molecule has 23 heavy (non-hydrogen) atoms. The number of hydrogen-bond donors (Lipinski definition) is 0. The van der Waals surface area contributed by atoms with E-state index in [1.165, 1.54) is 0 Å². The molecule has 1 aliphatic rings. The Morgan fingerprint density at radius 1 is 0.609 bits per heavy atom. The number of rotatable bonds is 1. The fraction of sp³-hybridized carbons (Fsp3) is 0.0526. The summed E-state index contributed by atoms with van der Waals surface area (Å²) in [7, 11) is 0. The zero-order valence-electron chi connectivity index (χ0n) is 11.8. The lowest BCUT2D eigenvalue weighted by atomic mass is 9.88. The molecule has 0 saturated heterocycles. The molecule has 4 heteroatoms. The fourth-order valence-electron chi connectivity index (χ4n) is 3.31. The van der Waals surface area contributed by atoms with Crippen molar-refractivity contribution >= 4 is 0 Å². The van der Waals surface area contributed by atoms with Crippen molar-refractivity contribution in [1.29, 1.82) is 0 Å². The van der Waals surface area contributed by atoms with E-state index in [1.54, 1.807) is 24.3 Å². The van der Waals surface area contributed by atoms with Crippen LogP contribution in [-0.4, -0.2) is 0 Å². The van der Waals surface area contributed by atoms with E-state index in [9.17, 15) is 17.6 Å². The van der Waals surface area contributed by atoms with E-state index in [0.717, 1.165) is 11.1 Å². The average Bonchev–Trinajstić information content (AvgIpc) is 2.89. The normalized spacial score (nSPS) is 13.0. The van der Waals surface area contributed by atoms with Crippen LogP contribution in [0.2, 0.25) is 0 Å². The highest BCUT2D eigenvalue weighted by atomic mass is 19.2. The van der Waals surface area contributed by atoms with Crippen LogP contribution in [0.25, 0.3) is 11.1 Å². The second-order valence-electron chi connectivity index (χ2n) is 5.49. The van der Waals surface area contributed by atoms with Gasteiger partial charge in [0, 0.05) is 17.5 Å². The first-order valence-corrected chi connectivity index (χ1v) is 7.10. The predicted molar refractivity (Wildman–Crippen MR) is 79.1 cm³/mol. The van der Waals surface area contributed by atoms with Gasteiger partial charge in [0.15, 0.2) is 23.3 Å². The minimum Gasteiger partial charge on any atom is -0.204 e. The summed E-state index contributed by atoms with van der Waals surface area (Å²) in [5.41, 5.74) is 2.32. The van der Waals surface area contributed by atoms with Gasteiger partial charge >= 0.3 is 0 Å². The third-order valence-electron chi connectivity index (χ3n) is 4.27. The maximum atomic E-state index is 14.3. The van der Waals surface area contributed by atoms with Gasteiger partial charge in [-0.3, -0.25) is 0 Å². The van der Waals surface area contributed by atoms with E-state index in [1.807, 2.05) is 24.3 Å². The Bertz CT molecular complexity index is 859. The average molecular weight is 314 g/mol. The van der Waals surface area contributed by atoms with Crippen molar-refractivity contribution in [2.45, 2.75) is 5.92 Å². The monoisotopic (exact) mass is 314 g/mol. The molecule has 3 aromatic carbocycles. The van der Waals surface area contributed by atoms with Crippen LogP contribution in [0.4, 0.5) is 17.6 Å². The molecule has 114 valence electrons. The maximum absolute atomic E-state index is 14.3. The van der Waals surface area contributed by atoms with Crippen LogP contribution in [0, 0.1) is 23.3 Å². The van der Waals surface area contributed by atoms with Crippen molar-refractivity contribution in [3.63, 3.8) is 0 Å². The Hall–Kier alpha value is -2.62. The molecule has 1 aliphatic carbocycles. The van der Waals surface area contributed by atoms with Crippen molar-refractivity contribution in [1.82, 2.24) is 0 Å². The van der Waals surface area contributed by atoms with Crippen LogP contribution >= 0.6 is 0 Å². The standard InChI is InChI=1S/C19H10F4/c20-14-9-15(21)19(23)17(18(14)22)16-12-7-3-1-5-10(12)11-6-2-4-8-13(11)16/h1-9,16H. The zero-order chi connectivity index (χ0) is 16.1. The van der Waals surface area contributed by atoms with Crippen molar-refractivity contribution in [3.05, 3.63) is 94.6 Å². The summed E-state index contributed by atoms with van der Waals surface area (Å²) in [6.45, 7) is 0. The van der Waals surface area contributed by atoms with Crippen LogP contribution in [0.3, 0.4) is 0 Å². The number of halogens is 4. The van der Waals surface area contributed by atoms with Crippen LogP contribution < -0.4 is 0 Å². The van der Waals surface area contributed by atoms with Crippen molar-refractivity contribution in [2.24, 2.45) is 0 Å². The van der Waals surface area contributed by atoms with Crippen molar-refractivity contribution < 1.29 is 17.6 Å². The molecule has 0 fully saturated rings. The number of hydrogen-bond acceptors (Lipinski definition) is 0. The molecular weight excluding hydrogens is 304 g/mol. The molecule has 4 rings (SSSR count). The van der Waals surface area contributed by atoms with Gasteiger partial charge in [0.25, 0.3) is 0 Å². The summed E-state index contributed by atoms with van der Waals surface area (Å²) in [5.74, 6) is -6.34. The van der Waals surface area contributed by atoms with E-state index in [-0.39, 0.29) is 6.07 Å². The Labute approximate surface area is 130 Å². The first kappa shape index (κ1) is 14.0. The van der Waals surface area contributed by atoms with Gasteiger partial charge in [-0.25, -0.2) is 17.6 Å². The minimum absolute atomic E-state index is 0.237. The smallest absolute Gasteiger partial charge is 0.166 e. The second kappa shape index (κ2) is 4.95. The molecule has 0 nitrogen and oxygen atoms in total. The topological polar surface area (TPSA) is 0 Å². The molecular formula is C19H10F4. The number of fused-ring (bicyclic) bond motifs is 3. The molecule has 0 N–H and O–H groups in total. The first-order valence-electron chi connectivity index (χ1n) is 7.10. The van der Waals surface area contributed by atoms with Gasteiger partial charge in [-0.15, -0.1) is 0 Å². The Balaban J connectivity index is 2.08. The molecule has 0 heterocycles. The van der Waals surface area contributed by atoms with Gasteiger partial charge < -0.3 is 0 Å². The Morgan fingerprint density at radius 2 is 1.04 bits per heavy atom. The highest BCUT2D eigenvalue weighted by Crippen LogP contribution is 2.49. The van der Waals surface area contributed by atoms with E-state index in [2.05, 4.69) is 0 Å². The molecule has 0 saturated carbocycles. The SMILES string of the molecule is Fc1cc(F)c(F)c(C2c3ccccc3-c3ccccc32)c1F. The predicted octanol–water partition coefficient (Wildman–Crippen LogP) is 5.40. The lowest BCUT2D eigenvalue weighted by Gasteiger charge is -2.16. The molecule has 0 bridgehead atoms. The highest BCUT2D eigenvalue weighted by Gasteiger charge is 2.35. The second-order valence-corrected chi connectivity index (χ2v) is 5.49. The summed E-state index contributed by atoms with van der Waals surface area (Å²) in [6, 6.07) is 14.5. The van der Waals surface area contributed by atoms with Gasteiger partial charge in [-0.05, 0) is 22.3 Å². The lowest BCUT2D eigenvalue weighted by Crippen LogP contribution is -2.09. The van der Waals surface area contributed by atoms with Gasteiger partial charge in [-0.2, -0.15) is 0 Å². The molecule has 0 amide bonds. The summed E-state index contributed by atoms with van der Waals surface area (Å²) in [5, 5.41) is 0. The van der Waals surface area contributed by atoms with Crippen LogP contribution in [0.1, 0.15) is 22.6 Å². The zero-order valence-corrected chi connectivity index (χ0v) is 11.8. The van der Waals surface area contributed by atoms with Crippen molar-refractivity contribution in [3.8, 4) is 11.1 Å². The van der Waals surface area contributed by atoms with E-state index in [0.29, 0.717) is 11.1 Å². The quantitative estimate of drug-likeness (QED) is 0.326. The van der Waals surface area contributed by atoms with Gasteiger partial charge in [0.05, 0.1) is 0 Å². The summed E-state index contributed by atoms with van der Waals surface area (Å²) >= 11 is 0. The molecule has 0 radical (unpaired) electrons. The third kappa shape index (κ3) is 1.91. The van der Waals surface area contributed by atoms with Gasteiger partial charge in [0.1, 0.15) is 0 Å². The van der Waals surface area contributed by atoms with Gasteiger partial charge in [0.2, 0.25) is 0 Å². The summed E-state index contributed by atoms with van der Waals surface area (Å²) in [4.78, 5) is 0. The van der Waals surface area contributed by atoms with Crippen molar-refractivity contribution in [2.75, 3.05) is 0 Å². The highest BCUT2D eigenvalue weighted by molar-refractivity contribution is 5.80. The summed E-state index contributed by atoms with van der Waals surface area (Å²) in [6.07, 6.45) is 0. The van der Waals surface area contributed by atoms with Crippen LogP contribution in [-0.2, 0) is 0 Å². The molecule has 3 aromatic rings. The minimum atomic E-state index is -1.39. The Morgan fingerprint density at radius 3 is 1.52 bits per heavy atom. The number of benzene rings is 3. The molecule has 0 unspecified atom stereocenters. The molecule has 0 atom stereocenters.